The van der Waals surface area contributed by atoms with E-state index in [0.717, 1.165) is 35.2 Å². The van der Waals surface area contributed by atoms with Crippen molar-refractivity contribution in [1.82, 2.24) is 30.2 Å². The number of carbonyl (C=O) groups excluding carboxylic acids is 3. The Labute approximate surface area is 238 Å². The van der Waals surface area contributed by atoms with E-state index >= 15 is 0 Å². The molecule has 2 amide bonds. The quantitative estimate of drug-likeness (QED) is 0.244. The molecule has 1 aliphatic heterocycles. The summed E-state index contributed by atoms with van der Waals surface area (Å²) in [6.45, 7) is -0.290. The van der Waals surface area contributed by atoms with Gasteiger partial charge >= 0.3 is 12.3 Å². The molecule has 3 heterocycles. The summed E-state index contributed by atoms with van der Waals surface area (Å²) in [4.78, 5) is 50.5. The molecule has 2 aromatic carbocycles. The smallest absolute Gasteiger partial charge is 0.403 e. The highest BCUT2D eigenvalue weighted by Gasteiger charge is 2.32. The summed E-state index contributed by atoms with van der Waals surface area (Å²) in [5, 5.41) is 13.2. The second kappa shape index (κ2) is 10.8. The number of fused-ring (bicyclic) bond motifs is 2. The van der Waals surface area contributed by atoms with E-state index < -0.39 is 35.7 Å². The van der Waals surface area contributed by atoms with Gasteiger partial charge in [-0.2, -0.15) is 14.6 Å². The molecule has 2 aromatic heterocycles. The lowest BCUT2D eigenvalue weighted by Crippen LogP contribution is -2.30. The number of nitrogens with one attached hydrogen (secondary N) is 2. The topological polar surface area (TPSA) is 149 Å². The Bertz CT molecular complexity index is 1820. The van der Waals surface area contributed by atoms with Crippen LogP contribution in [0.3, 0.4) is 0 Å². The Morgan fingerprint density at radius 1 is 1.12 bits per heavy atom. The Morgan fingerprint density at radius 2 is 1.95 bits per heavy atom. The molecular formula is C27H19F4N7O5. The zero-order valence-electron chi connectivity index (χ0n) is 21.8. The standard InChI is InChI=1S/C27H19F4N7O5/c28-17-5-1-13(7-22(17)42-27(29,30)31)11-32-24(40)20-9-21(38-26(36-20)33-12-34-38)25(41)35-18-6-3-14-8-15(2-4-16(14)18)19-10-23(39)43-37-19/h1-2,4-5,7-9,12,18H,3,6,10-11H2,(H,32,40)(H,35,41)/t18-/m0/s1. The van der Waals surface area contributed by atoms with Crippen LogP contribution in [0.25, 0.3) is 5.78 Å². The van der Waals surface area contributed by atoms with Crippen molar-refractivity contribution >= 4 is 29.3 Å². The van der Waals surface area contributed by atoms with Gasteiger partial charge in [0.1, 0.15) is 17.7 Å². The maximum absolute atomic E-state index is 13.7. The summed E-state index contributed by atoms with van der Waals surface area (Å²) < 4.78 is 56.2. The highest BCUT2D eigenvalue weighted by Crippen LogP contribution is 2.33. The van der Waals surface area contributed by atoms with Crippen LogP contribution in [0.4, 0.5) is 17.6 Å². The van der Waals surface area contributed by atoms with Crippen LogP contribution in [0.15, 0.2) is 53.9 Å². The van der Waals surface area contributed by atoms with Gasteiger partial charge in [-0.25, -0.2) is 14.2 Å². The number of nitrogens with zero attached hydrogens (tertiary/aromatic N) is 5. The van der Waals surface area contributed by atoms with E-state index in [1.807, 2.05) is 12.1 Å². The average Bonchev–Trinajstić information content (AvgIpc) is 3.71. The van der Waals surface area contributed by atoms with Crippen LogP contribution in [0, 0.1) is 5.82 Å². The normalized spacial score (nSPS) is 16.0. The first kappa shape index (κ1) is 27.7. The van der Waals surface area contributed by atoms with Crippen LogP contribution in [0.2, 0.25) is 0 Å². The molecule has 220 valence electrons. The minimum atomic E-state index is -5.09. The number of aromatic nitrogens is 4. The van der Waals surface area contributed by atoms with Gasteiger partial charge in [-0.05, 0) is 47.7 Å². The van der Waals surface area contributed by atoms with Crippen LogP contribution in [0.5, 0.6) is 5.75 Å². The monoisotopic (exact) mass is 597 g/mol. The lowest BCUT2D eigenvalue weighted by Gasteiger charge is -2.15. The molecular weight excluding hydrogens is 578 g/mol. The van der Waals surface area contributed by atoms with Crippen molar-refractivity contribution < 1.29 is 41.5 Å². The SMILES string of the molecule is O=C1CC(c2ccc3c(c2)CC[C@@H]3NC(=O)c2cc(C(=O)NCc3ccc(F)c(OC(F)(F)F)c3)nc3ncnn23)=NO1. The fourth-order valence-electron chi connectivity index (χ4n) is 4.87. The molecule has 16 heteroatoms. The third-order valence-corrected chi connectivity index (χ3v) is 6.82. The number of amides is 2. The molecule has 2 N–H and O–H groups in total. The molecule has 1 aliphatic carbocycles. The van der Waals surface area contributed by atoms with Crippen molar-refractivity contribution in [3.63, 3.8) is 0 Å². The van der Waals surface area contributed by atoms with E-state index in [2.05, 4.69) is 40.4 Å². The summed E-state index contributed by atoms with van der Waals surface area (Å²) in [5.41, 5.74) is 3.05. The summed E-state index contributed by atoms with van der Waals surface area (Å²) in [7, 11) is 0. The number of oxime groups is 1. The number of rotatable bonds is 7. The highest BCUT2D eigenvalue weighted by molar-refractivity contribution is 6.11. The maximum Gasteiger partial charge on any atom is 0.573 e. The number of alkyl halides is 3. The first-order valence-electron chi connectivity index (χ1n) is 12.8. The molecule has 0 bridgehead atoms. The molecule has 0 saturated heterocycles. The van der Waals surface area contributed by atoms with E-state index in [0.29, 0.717) is 18.6 Å². The highest BCUT2D eigenvalue weighted by atomic mass is 19.4. The minimum Gasteiger partial charge on any atom is -0.403 e. The van der Waals surface area contributed by atoms with Gasteiger partial charge < -0.3 is 20.2 Å². The van der Waals surface area contributed by atoms with Gasteiger partial charge in [-0.15, -0.1) is 13.2 Å². The maximum atomic E-state index is 13.7. The molecule has 2 aliphatic rings. The van der Waals surface area contributed by atoms with Crippen molar-refractivity contribution in [2.75, 3.05) is 0 Å². The van der Waals surface area contributed by atoms with E-state index in [1.54, 1.807) is 6.07 Å². The molecule has 6 rings (SSSR count). The van der Waals surface area contributed by atoms with Gasteiger partial charge in [-0.3, -0.25) is 9.59 Å². The van der Waals surface area contributed by atoms with Gasteiger partial charge in [0.05, 0.1) is 18.2 Å². The van der Waals surface area contributed by atoms with Gasteiger partial charge in [-0.1, -0.05) is 23.4 Å². The van der Waals surface area contributed by atoms with Crippen LogP contribution in [-0.2, 0) is 22.6 Å². The van der Waals surface area contributed by atoms with Crippen LogP contribution in [0.1, 0.15) is 62.1 Å². The van der Waals surface area contributed by atoms with Crippen LogP contribution in [-0.4, -0.2) is 49.4 Å². The Hall–Kier alpha value is -5.41. The zero-order chi connectivity index (χ0) is 30.3. The fraction of sp³-hybridized carbons (Fsp3) is 0.222. The average molecular weight is 597 g/mol. The Morgan fingerprint density at radius 3 is 2.72 bits per heavy atom. The second-order valence-corrected chi connectivity index (χ2v) is 9.65. The fourth-order valence-corrected chi connectivity index (χ4v) is 4.87. The third-order valence-electron chi connectivity index (χ3n) is 6.82. The number of aryl methyl sites for hydroxylation is 1. The second-order valence-electron chi connectivity index (χ2n) is 9.65. The predicted octanol–water partition coefficient (Wildman–Crippen LogP) is 3.16. The lowest BCUT2D eigenvalue weighted by atomic mass is 10.0. The van der Waals surface area contributed by atoms with Crippen molar-refractivity contribution in [1.29, 1.82) is 0 Å². The van der Waals surface area contributed by atoms with Gasteiger partial charge in [0.15, 0.2) is 11.6 Å². The van der Waals surface area contributed by atoms with Gasteiger partial charge in [0.25, 0.3) is 17.6 Å². The van der Waals surface area contributed by atoms with Gasteiger partial charge in [0, 0.05) is 18.2 Å². The van der Waals surface area contributed by atoms with Crippen LogP contribution >= 0.6 is 0 Å². The minimum absolute atomic E-state index is 0.0312. The first-order valence-corrected chi connectivity index (χ1v) is 12.8. The number of carbonyl (C=O) groups is 3. The molecule has 0 spiro atoms. The van der Waals surface area contributed by atoms with Crippen LogP contribution < -0.4 is 15.4 Å². The third kappa shape index (κ3) is 5.84. The van der Waals surface area contributed by atoms with E-state index in [9.17, 15) is 31.9 Å². The summed E-state index contributed by atoms with van der Waals surface area (Å²) in [6, 6.07) is 9.20. The zero-order valence-corrected chi connectivity index (χ0v) is 21.8. The lowest BCUT2D eigenvalue weighted by molar-refractivity contribution is -0.275. The molecule has 43 heavy (non-hydrogen) atoms. The summed E-state index contributed by atoms with van der Waals surface area (Å²) in [6.07, 6.45) is -2.58. The van der Waals surface area contributed by atoms with E-state index in [1.165, 1.54) is 16.6 Å². The molecule has 1 atom stereocenters. The summed E-state index contributed by atoms with van der Waals surface area (Å²) >= 11 is 0. The molecule has 12 nitrogen and oxygen atoms in total. The number of benzene rings is 2. The Kier molecular flexibility index (Phi) is 6.95. The first-order chi connectivity index (χ1) is 20.5. The van der Waals surface area contributed by atoms with E-state index in [4.69, 9.17) is 0 Å². The van der Waals surface area contributed by atoms with Crippen molar-refractivity contribution in [3.05, 3.63) is 88.3 Å². The molecule has 4 aromatic rings. The summed E-state index contributed by atoms with van der Waals surface area (Å²) in [5.74, 6) is -4.04. The molecule has 0 saturated carbocycles. The van der Waals surface area contributed by atoms with Crippen molar-refractivity contribution in [2.45, 2.75) is 38.2 Å². The molecule has 0 unspecified atom stereocenters. The Balaban J connectivity index is 1.18. The number of halogens is 4. The number of hydrogen-bond acceptors (Lipinski definition) is 9. The van der Waals surface area contributed by atoms with Crippen molar-refractivity contribution in [2.24, 2.45) is 5.16 Å². The predicted molar refractivity (Wildman–Crippen MR) is 137 cm³/mol. The van der Waals surface area contributed by atoms with Gasteiger partial charge in [0.2, 0.25) is 0 Å². The van der Waals surface area contributed by atoms with E-state index in [-0.39, 0.29) is 41.7 Å². The van der Waals surface area contributed by atoms with Crippen molar-refractivity contribution in [3.8, 4) is 5.75 Å². The largest absolute Gasteiger partial charge is 0.573 e. The number of hydrogen-bond donors (Lipinski definition) is 2. The molecule has 0 fully saturated rings. The number of ether oxygens (including phenoxy) is 1. The molecule has 0 radical (unpaired) electrons.